The number of hydrogen-bond donors (Lipinski definition) is 2. The van der Waals surface area contributed by atoms with E-state index in [1.807, 2.05) is 0 Å². The molecule has 1 aliphatic heterocycles. The standard InChI is InChI=1S/C15H15ClN4O4S/c16-8-1-6-11-12(7-8)14(22)20(13(11)21)9-2-4-10(5-3-9)25(23,24)19-15(17)18/h1-5,11-12H,6-7H2,(H4,17,18,19)/t11-,12+/m0/s1. The summed E-state index contributed by atoms with van der Waals surface area (Å²) in [7, 11) is -4.03. The van der Waals surface area contributed by atoms with Crippen molar-refractivity contribution in [3.63, 3.8) is 0 Å². The van der Waals surface area contributed by atoms with Crippen molar-refractivity contribution >= 4 is 45.1 Å². The van der Waals surface area contributed by atoms with Crippen LogP contribution in [0.25, 0.3) is 0 Å². The van der Waals surface area contributed by atoms with Gasteiger partial charge in [-0.15, -0.1) is 4.40 Å². The summed E-state index contributed by atoms with van der Waals surface area (Å²) in [6, 6.07) is 5.23. The highest BCUT2D eigenvalue weighted by Crippen LogP contribution is 2.40. The maximum atomic E-state index is 12.6. The molecular formula is C15H15ClN4O4S. The Bertz CT molecular complexity index is 904. The van der Waals surface area contributed by atoms with Crippen molar-refractivity contribution in [1.29, 1.82) is 0 Å². The Balaban J connectivity index is 1.90. The summed E-state index contributed by atoms with van der Waals surface area (Å²) in [4.78, 5) is 26.0. The smallest absolute Gasteiger partial charge is 0.285 e. The Labute approximate surface area is 149 Å². The molecule has 8 nitrogen and oxygen atoms in total. The van der Waals surface area contributed by atoms with Crippen LogP contribution in [0.5, 0.6) is 0 Å². The Morgan fingerprint density at radius 1 is 1.12 bits per heavy atom. The van der Waals surface area contributed by atoms with Crippen molar-refractivity contribution in [1.82, 2.24) is 0 Å². The quantitative estimate of drug-likeness (QED) is 0.448. The Kier molecular flexibility index (Phi) is 4.29. The van der Waals surface area contributed by atoms with E-state index in [0.717, 1.165) is 4.90 Å². The molecule has 4 N–H and O–H groups in total. The van der Waals surface area contributed by atoms with Gasteiger partial charge in [-0.1, -0.05) is 17.7 Å². The number of carbonyl (C=O) groups excluding carboxylic acids is 2. The third kappa shape index (κ3) is 3.12. The number of imide groups is 1. The number of nitrogens with zero attached hydrogens (tertiary/aromatic N) is 2. The van der Waals surface area contributed by atoms with E-state index in [1.165, 1.54) is 24.3 Å². The average molecular weight is 383 g/mol. The molecule has 0 unspecified atom stereocenters. The largest absolute Gasteiger partial charge is 0.369 e. The summed E-state index contributed by atoms with van der Waals surface area (Å²) >= 11 is 5.98. The number of hydrogen-bond acceptors (Lipinski definition) is 4. The van der Waals surface area contributed by atoms with Crippen molar-refractivity contribution in [2.45, 2.75) is 17.7 Å². The van der Waals surface area contributed by atoms with E-state index in [-0.39, 0.29) is 16.7 Å². The molecule has 1 heterocycles. The number of rotatable bonds is 3. The minimum absolute atomic E-state index is 0.147. The van der Waals surface area contributed by atoms with Crippen LogP contribution in [0.15, 0.2) is 44.7 Å². The summed E-state index contributed by atoms with van der Waals surface area (Å²) in [6.07, 6.45) is 2.51. The lowest BCUT2D eigenvalue weighted by molar-refractivity contribution is -0.122. The number of halogens is 1. The molecule has 0 saturated carbocycles. The molecule has 1 fully saturated rings. The van der Waals surface area contributed by atoms with Crippen LogP contribution < -0.4 is 16.4 Å². The second-order valence-electron chi connectivity index (χ2n) is 5.80. The fraction of sp³-hybridized carbons (Fsp3) is 0.267. The highest BCUT2D eigenvalue weighted by Gasteiger charge is 2.48. The Hall–Kier alpha value is -2.39. The second kappa shape index (κ2) is 6.16. The molecule has 2 amide bonds. The Morgan fingerprint density at radius 2 is 1.72 bits per heavy atom. The fourth-order valence-corrected chi connectivity index (χ4v) is 4.16. The molecule has 0 radical (unpaired) electrons. The first-order valence-electron chi connectivity index (χ1n) is 7.39. The lowest BCUT2D eigenvalue weighted by Crippen LogP contribution is -2.30. The lowest BCUT2D eigenvalue weighted by Gasteiger charge is -2.17. The average Bonchev–Trinajstić information content (AvgIpc) is 2.77. The van der Waals surface area contributed by atoms with Crippen molar-refractivity contribution < 1.29 is 18.0 Å². The van der Waals surface area contributed by atoms with Gasteiger partial charge in [0.2, 0.25) is 17.8 Å². The molecule has 0 spiro atoms. The lowest BCUT2D eigenvalue weighted by atomic mass is 9.85. The summed E-state index contributed by atoms with van der Waals surface area (Å²) in [6.45, 7) is 0. The third-order valence-electron chi connectivity index (χ3n) is 4.19. The van der Waals surface area contributed by atoms with Crippen LogP contribution in [-0.4, -0.2) is 26.2 Å². The van der Waals surface area contributed by atoms with Gasteiger partial charge in [-0.2, -0.15) is 8.42 Å². The first kappa shape index (κ1) is 17.4. The zero-order valence-corrected chi connectivity index (χ0v) is 14.5. The number of fused-ring (bicyclic) bond motifs is 1. The van der Waals surface area contributed by atoms with Crippen LogP contribution in [0.3, 0.4) is 0 Å². The Morgan fingerprint density at radius 3 is 2.32 bits per heavy atom. The van der Waals surface area contributed by atoms with E-state index in [9.17, 15) is 18.0 Å². The fourth-order valence-electron chi connectivity index (χ4n) is 3.04. The van der Waals surface area contributed by atoms with E-state index in [0.29, 0.717) is 23.6 Å². The van der Waals surface area contributed by atoms with E-state index >= 15 is 0 Å². The number of amides is 2. The third-order valence-corrected chi connectivity index (χ3v) is 5.82. The summed E-state index contributed by atoms with van der Waals surface area (Å²) in [5.74, 6) is -2.13. The van der Waals surface area contributed by atoms with Gasteiger partial charge in [0.25, 0.3) is 10.0 Å². The van der Waals surface area contributed by atoms with Crippen LogP contribution >= 0.6 is 11.6 Å². The molecule has 132 valence electrons. The second-order valence-corrected chi connectivity index (χ2v) is 7.89. The molecule has 2 atom stereocenters. The van der Waals surface area contributed by atoms with E-state index < -0.39 is 27.8 Å². The molecular weight excluding hydrogens is 368 g/mol. The molecule has 1 aromatic carbocycles. The van der Waals surface area contributed by atoms with Gasteiger partial charge in [-0.25, -0.2) is 0 Å². The number of benzene rings is 1. The van der Waals surface area contributed by atoms with Gasteiger partial charge in [-0.05, 0) is 37.1 Å². The number of sulfonamides is 1. The van der Waals surface area contributed by atoms with Gasteiger partial charge in [-0.3, -0.25) is 14.5 Å². The predicted octanol–water partition coefficient (Wildman–Crippen LogP) is 0.671. The molecule has 1 aromatic rings. The van der Waals surface area contributed by atoms with Gasteiger partial charge in [0.15, 0.2) is 0 Å². The predicted molar refractivity (Wildman–Crippen MR) is 92.1 cm³/mol. The minimum Gasteiger partial charge on any atom is -0.369 e. The van der Waals surface area contributed by atoms with Crippen molar-refractivity contribution in [2.75, 3.05) is 4.90 Å². The highest BCUT2D eigenvalue weighted by molar-refractivity contribution is 7.90. The molecule has 1 aliphatic carbocycles. The first-order chi connectivity index (χ1) is 11.7. The minimum atomic E-state index is -4.03. The molecule has 2 aliphatic rings. The normalized spacial score (nSPS) is 23.2. The number of guanidine groups is 1. The summed E-state index contributed by atoms with van der Waals surface area (Å²) < 4.78 is 27.0. The molecule has 25 heavy (non-hydrogen) atoms. The maximum Gasteiger partial charge on any atom is 0.285 e. The van der Waals surface area contributed by atoms with Crippen LogP contribution in [-0.2, 0) is 19.6 Å². The van der Waals surface area contributed by atoms with Crippen LogP contribution in [0.1, 0.15) is 12.8 Å². The SMILES string of the molecule is NC(N)=NS(=O)(=O)c1ccc(N2C(=O)[C@H]3CC=C(Cl)C[C@H]3C2=O)cc1. The molecule has 0 aromatic heterocycles. The molecule has 3 rings (SSSR count). The van der Waals surface area contributed by atoms with Gasteiger partial charge in [0.05, 0.1) is 22.4 Å². The van der Waals surface area contributed by atoms with Crippen LogP contribution in [0.4, 0.5) is 5.69 Å². The van der Waals surface area contributed by atoms with Crippen LogP contribution in [0.2, 0.25) is 0 Å². The van der Waals surface area contributed by atoms with Gasteiger partial charge in [0, 0.05) is 5.03 Å². The van der Waals surface area contributed by atoms with Gasteiger partial charge >= 0.3 is 0 Å². The topological polar surface area (TPSA) is 136 Å². The first-order valence-corrected chi connectivity index (χ1v) is 9.21. The van der Waals surface area contributed by atoms with E-state index in [2.05, 4.69) is 4.40 Å². The highest BCUT2D eigenvalue weighted by atomic mass is 35.5. The summed E-state index contributed by atoms with van der Waals surface area (Å²) in [5.41, 5.74) is 10.5. The molecule has 1 saturated heterocycles. The van der Waals surface area contributed by atoms with E-state index in [1.54, 1.807) is 6.08 Å². The number of carbonyl (C=O) groups is 2. The number of allylic oxidation sites excluding steroid dienone is 2. The van der Waals surface area contributed by atoms with Crippen molar-refractivity contribution in [3.8, 4) is 0 Å². The number of nitrogens with two attached hydrogens (primary N) is 2. The molecule has 0 bridgehead atoms. The van der Waals surface area contributed by atoms with Crippen LogP contribution in [0, 0.1) is 11.8 Å². The molecule has 10 heteroatoms. The maximum absolute atomic E-state index is 12.6. The van der Waals surface area contributed by atoms with E-state index in [4.69, 9.17) is 23.1 Å². The van der Waals surface area contributed by atoms with Gasteiger partial charge in [0.1, 0.15) is 0 Å². The summed E-state index contributed by atoms with van der Waals surface area (Å²) in [5, 5.41) is 0.572. The zero-order chi connectivity index (χ0) is 18.4. The van der Waals surface area contributed by atoms with Crippen molar-refractivity contribution in [2.24, 2.45) is 27.7 Å². The zero-order valence-electron chi connectivity index (χ0n) is 12.9. The monoisotopic (exact) mass is 382 g/mol. The number of anilines is 1. The van der Waals surface area contributed by atoms with Crippen molar-refractivity contribution in [3.05, 3.63) is 35.4 Å². The van der Waals surface area contributed by atoms with Gasteiger partial charge < -0.3 is 11.5 Å².